The Morgan fingerprint density at radius 2 is 1.77 bits per heavy atom. The van der Waals surface area contributed by atoms with Gasteiger partial charge in [0, 0.05) is 10.0 Å². The van der Waals surface area contributed by atoms with E-state index in [-0.39, 0.29) is 11.6 Å². The van der Waals surface area contributed by atoms with E-state index >= 15 is 0 Å². The number of esters is 1. The molecular weight excluding hydrogens is 530 g/mol. The molecule has 1 aliphatic rings. The fourth-order valence-electron chi connectivity index (χ4n) is 3.71. The maximum atomic E-state index is 12.5. The van der Waals surface area contributed by atoms with Gasteiger partial charge in [-0.2, -0.15) is 0 Å². The molecule has 0 aromatic heterocycles. The Kier molecular flexibility index (Phi) is 6.57. The fraction of sp³-hybridized carbons (Fsp3) is 0.0714. The van der Waals surface area contributed by atoms with E-state index in [2.05, 4.69) is 20.9 Å². The zero-order chi connectivity index (χ0) is 24.4. The molecule has 0 saturated carbocycles. The van der Waals surface area contributed by atoms with E-state index in [1.165, 1.54) is 7.11 Å². The van der Waals surface area contributed by atoms with Gasteiger partial charge in [-0.25, -0.2) is 9.79 Å². The van der Waals surface area contributed by atoms with Gasteiger partial charge < -0.3 is 14.2 Å². The first-order valence-corrected chi connectivity index (χ1v) is 11.9. The number of aliphatic imine (C=N–C) groups is 1. The molecule has 1 aliphatic heterocycles. The van der Waals surface area contributed by atoms with E-state index in [1.807, 2.05) is 66.7 Å². The van der Waals surface area contributed by atoms with Gasteiger partial charge in [0.25, 0.3) is 0 Å². The fourth-order valence-corrected chi connectivity index (χ4v) is 4.25. The van der Waals surface area contributed by atoms with Crippen LogP contribution >= 0.6 is 27.5 Å². The minimum absolute atomic E-state index is 0.176. The highest BCUT2D eigenvalue weighted by Gasteiger charge is 2.25. The lowest BCUT2D eigenvalue weighted by Gasteiger charge is -2.13. The first-order chi connectivity index (χ1) is 17.0. The minimum atomic E-state index is -0.529. The molecule has 0 unspecified atom stereocenters. The number of carbonyl (C=O) groups is 1. The van der Waals surface area contributed by atoms with Crippen molar-refractivity contribution in [1.29, 1.82) is 0 Å². The smallest absolute Gasteiger partial charge is 0.363 e. The van der Waals surface area contributed by atoms with Gasteiger partial charge in [-0.3, -0.25) is 0 Å². The third-order valence-corrected chi connectivity index (χ3v) is 6.28. The van der Waals surface area contributed by atoms with E-state index in [4.69, 9.17) is 25.8 Å². The summed E-state index contributed by atoms with van der Waals surface area (Å²) in [6.45, 7) is 0.329. The van der Waals surface area contributed by atoms with Crippen LogP contribution in [0.1, 0.15) is 16.7 Å². The summed E-state index contributed by atoms with van der Waals surface area (Å²) in [5.41, 5.74) is 2.53. The highest BCUT2D eigenvalue weighted by Crippen LogP contribution is 2.38. The summed E-state index contributed by atoms with van der Waals surface area (Å²) >= 11 is 9.93. The topological polar surface area (TPSA) is 57.1 Å². The predicted molar refractivity (Wildman–Crippen MR) is 141 cm³/mol. The molecule has 0 spiro atoms. The monoisotopic (exact) mass is 547 g/mol. The molecule has 7 heteroatoms. The maximum absolute atomic E-state index is 12.5. The second kappa shape index (κ2) is 9.94. The number of ether oxygens (including phenoxy) is 3. The summed E-state index contributed by atoms with van der Waals surface area (Å²) in [6, 6.07) is 25.0. The predicted octanol–water partition coefficient (Wildman–Crippen LogP) is 7.19. The van der Waals surface area contributed by atoms with Crippen LogP contribution in [0.15, 0.2) is 94.0 Å². The van der Waals surface area contributed by atoms with Crippen molar-refractivity contribution >= 4 is 56.2 Å². The molecule has 174 valence electrons. The van der Waals surface area contributed by atoms with Gasteiger partial charge >= 0.3 is 5.97 Å². The summed E-state index contributed by atoms with van der Waals surface area (Å²) in [7, 11) is 1.54. The summed E-state index contributed by atoms with van der Waals surface area (Å²) in [4.78, 5) is 16.9. The van der Waals surface area contributed by atoms with Gasteiger partial charge in [0.15, 0.2) is 17.2 Å². The molecule has 0 atom stereocenters. The molecular formula is C28H19BrClNO4. The standard InChI is InChI=1S/C28H19BrClNO4/c1-33-25-14-18(12-23(30)26(25)34-16-17-6-10-22(29)11-7-17)13-24-28(32)35-27(31-24)21-9-8-19-4-2-3-5-20(19)15-21/h2-15H,16H2,1H3/b24-13-. The molecule has 0 N–H and O–H groups in total. The van der Waals surface area contributed by atoms with Crippen LogP contribution in [0.4, 0.5) is 0 Å². The zero-order valence-corrected chi connectivity index (χ0v) is 21.0. The number of benzene rings is 4. The number of methoxy groups -OCH3 is 1. The normalized spacial score (nSPS) is 14.2. The summed E-state index contributed by atoms with van der Waals surface area (Å²) in [5, 5.41) is 2.50. The van der Waals surface area contributed by atoms with Crippen molar-refractivity contribution in [2.45, 2.75) is 6.61 Å². The average Bonchev–Trinajstić information content (AvgIpc) is 3.23. The number of fused-ring (bicyclic) bond motifs is 1. The third kappa shape index (κ3) is 5.09. The van der Waals surface area contributed by atoms with Crippen LogP contribution in [0.3, 0.4) is 0 Å². The van der Waals surface area contributed by atoms with Crippen molar-refractivity contribution in [3.8, 4) is 11.5 Å². The van der Waals surface area contributed by atoms with Gasteiger partial charge in [0.1, 0.15) is 6.61 Å². The van der Waals surface area contributed by atoms with Crippen LogP contribution in [-0.2, 0) is 16.1 Å². The number of rotatable bonds is 6. The quantitative estimate of drug-likeness (QED) is 0.189. The van der Waals surface area contributed by atoms with Crippen molar-refractivity contribution in [2.75, 3.05) is 7.11 Å². The molecule has 0 saturated heterocycles. The Morgan fingerprint density at radius 1 is 1.00 bits per heavy atom. The molecule has 0 bridgehead atoms. The Balaban J connectivity index is 1.40. The summed E-state index contributed by atoms with van der Waals surface area (Å²) in [5.74, 6) is 0.610. The molecule has 5 rings (SSSR count). The number of hydrogen-bond donors (Lipinski definition) is 0. The lowest BCUT2D eigenvalue weighted by atomic mass is 10.1. The second-order valence-electron chi connectivity index (χ2n) is 7.85. The molecule has 4 aromatic carbocycles. The number of cyclic esters (lactones) is 1. The van der Waals surface area contributed by atoms with Gasteiger partial charge in [-0.05, 0) is 64.4 Å². The lowest BCUT2D eigenvalue weighted by Crippen LogP contribution is -2.05. The van der Waals surface area contributed by atoms with Crippen molar-refractivity contribution in [3.05, 3.63) is 111 Å². The van der Waals surface area contributed by atoms with Gasteiger partial charge in [0.05, 0.1) is 12.1 Å². The molecule has 0 fully saturated rings. The average molecular weight is 549 g/mol. The number of nitrogens with zero attached hydrogens (tertiary/aromatic N) is 1. The van der Waals surface area contributed by atoms with E-state index < -0.39 is 5.97 Å². The largest absolute Gasteiger partial charge is 0.493 e. The minimum Gasteiger partial charge on any atom is -0.493 e. The van der Waals surface area contributed by atoms with Crippen molar-refractivity contribution in [3.63, 3.8) is 0 Å². The molecule has 4 aromatic rings. The molecule has 1 heterocycles. The summed E-state index contributed by atoms with van der Waals surface area (Å²) in [6.07, 6.45) is 1.61. The molecule has 0 aliphatic carbocycles. The van der Waals surface area contributed by atoms with Crippen LogP contribution in [0.25, 0.3) is 16.8 Å². The van der Waals surface area contributed by atoms with E-state index in [0.29, 0.717) is 28.7 Å². The van der Waals surface area contributed by atoms with Crippen LogP contribution < -0.4 is 9.47 Å². The maximum Gasteiger partial charge on any atom is 0.363 e. The van der Waals surface area contributed by atoms with E-state index in [9.17, 15) is 4.79 Å². The molecule has 0 radical (unpaired) electrons. The van der Waals surface area contributed by atoms with Gasteiger partial charge in [0.2, 0.25) is 5.90 Å². The Hall–Kier alpha value is -3.61. The zero-order valence-electron chi connectivity index (χ0n) is 18.6. The summed E-state index contributed by atoms with van der Waals surface area (Å²) < 4.78 is 17.9. The number of carbonyl (C=O) groups excluding carboxylic acids is 1. The molecule has 0 amide bonds. The lowest BCUT2D eigenvalue weighted by molar-refractivity contribution is -0.129. The van der Waals surface area contributed by atoms with Crippen LogP contribution in [0.2, 0.25) is 5.02 Å². The van der Waals surface area contributed by atoms with Crippen molar-refractivity contribution < 1.29 is 19.0 Å². The second-order valence-corrected chi connectivity index (χ2v) is 9.17. The van der Waals surface area contributed by atoms with E-state index in [1.54, 1.807) is 18.2 Å². The molecule has 35 heavy (non-hydrogen) atoms. The SMILES string of the molecule is COc1cc(/C=C2\N=C(c3ccc4ccccc4c3)OC2=O)cc(Cl)c1OCc1ccc(Br)cc1. The van der Waals surface area contributed by atoms with Crippen LogP contribution in [0.5, 0.6) is 11.5 Å². The first-order valence-electron chi connectivity index (χ1n) is 10.8. The van der Waals surface area contributed by atoms with Gasteiger partial charge in [-0.1, -0.05) is 70.0 Å². The third-order valence-electron chi connectivity index (χ3n) is 5.47. The molecule has 5 nitrogen and oxygen atoms in total. The van der Waals surface area contributed by atoms with Crippen LogP contribution in [0, 0.1) is 0 Å². The van der Waals surface area contributed by atoms with Crippen molar-refractivity contribution in [1.82, 2.24) is 0 Å². The van der Waals surface area contributed by atoms with Crippen LogP contribution in [-0.4, -0.2) is 19.0 Å². The highest BCUT2D eigenvalue weighted by molar-refractivity contribution is 9.10. The van der Waals surface area contributed by atoms with E-state index in [0.717, 1.165) is 26.4 Å². The first kappa shape index (κ1) is 23.1. The Labute approximate surface area is 215 Å². The highest BCUT2D eigenvalue weighted by atomic mass is 79.9. The number of hydrogen-bond acceptors (Lipinski definition) is 5. The Morgan fingerprint density at radius 3 is 2.54 bits per heavy atom. The van der Waals surface area contributed by atoms with Gasteiger partial charge in [-0.15, -0.1) is 0 Å². The number of halogens is 2. The van der Waals surface area contributed by atoms with Crippen molar-refractivity contribution in [2.24, 2.45) is 4.99 Å². The Bertz CT molecular complexity index is 1500.